The zero-order valence-corrected chi connectivity index (χ0v) is 14.6. The average Bonchev–Trinajstić information content (AvgIpc) is 2.60. The first-order valence-corrected chi connectivity index (χ1v) is 7.78. The number of carbonyl (C=O) groups is 1. The first-order valence-electron chi connectivity index (χ1n) is 7.78. The number of benzene rings is 2. The van der Waals surface area contributed by atoms with E-state index >= 15 is 0 Å². The molecule has 0 spiro atoms. The molecule has 0 saturated heterocycles. The van der Waals surface area contributed by atoms with E-state index in [0.29, 0.717) is 18.0 Å². The summed E-state index contributed by atoms with van der Waals surface area (Å²) in [7, 11) is 3.24. The predicted octanol–water partition coefficient (Wildman–Crippen LogP) is 3.80. The lowest BCUT2D eigenvalue weighted by molar-refractivity contribution is 0.249. The Labute approximate surface area is 143 Å². The van der Waals surface area contributed by atoms with Gasteiger partial charge in [0.1, 0.15) is 11.5 Å². The highest BCUT2D eigenvalue weighted by Crippen LogP contribution is 2.24. The molecule has 0 aromatic heterocycles. The van der Waals surface area contributed by atoms with Crippen LogP contribution in [0, 0.1) is 0 Å². The van der Waals surface area contributed by atoms with Crippen molar-refractivity contribution in [2.24, 2.45) is 0 Å². The van der Waals surface area contributed by atoms with Gasteiger partial charge < -0.3 is 20.1 Å². The maximum atomic E-state index is 12.1. The molecule has 24 heavy (non-hydrogen) atoms. The number of amides is 2. The maximum Gasteiger partial charge on any atom is 0.319 e. The molecule has 0 aliphatic rings. The fourth-order valence-electron chi connectivity index (χ4n) is 2.32. The summed E-state index contributed by atoms with van der Waals surface area (Å²) in [6.45, 7) is 4.68. The van der Waals surface area contributed by atoms with Crippen molar-refractivity contribution in [3.8, 4) is 11.5 Å². The number of anilines is 1. The first kappa shape index (κ1) is 17.7. The summed E-state index contributed by atoms with van der Waals surface area (Å²) in [6.07, 6.45) is 0. The molecule has 0 aliphatic heterocycles. The fourth-order valence-corrected chi connectivity index (χ4v) is 2.32. The molecule has 0 bridgehead atoms. The number of methoxy groups -OCH3 is 2. The van der Waals surface area contributed by atoms with Gasteiger partial charge in [0.15, 0.2) is 0 Å². The van der Waals surface area contributed by atoms with E-state index < -0.39 is 0 Å². The molecular weight excluding hydrogens is 304 g/mol. The molecule has 0 atom stereocenters. The number of rotatable bonds is 6. The van der Waals surface area contributed by atoms with Gasteiger partial charge in [-0.2, -0.15) is 0 Å². The minimum atomic E-state index is -0.246. The zero-order chi connectivity index (χ0) is 17.6. The molecule has 0 fully saturated rings. The molecule has 0 unspecified atom stereocenters. The van der Waals surface area contributed by atoms with Crippen LogP contribution in [0.25, 0.3) is 0 Å². The van der Waals surface area contributed by atoms with E-state index in [4.69, 9.17) is 9.47 Å². The molecule has 0 radical (unpaired) electrons. The Bertz CT molecular complexity index is 681. The van der Waals surface area contributed by atoms with E-state index in [1.807, 2.05) is 42.5 Å². The van der Waals surface area contributed by atoms with Crippen LogP contribution in [-0.2, 0) is 5.41 Å². The van der Waals surface area contributed by atoms with Crippen molar-refractivity contribution < 1.29 is 14.3 Å². The second-order valence-corrected chi connectivity index (χ2v) is 6.15. The van der Waals surface area contributed by atoms with E-state index in [-0.39, 0.29) is 11.4 Å². The lowest BCUT2D eigenvalue weighted by Crippen LogP contribution is -2.38. The van der Waals surface area contributed by atoms with Gasteiger partial charge in [0.2, 0.25) is 0 Å². The number of carbonyl (C=O) groups excluding carboxylic acids is 1. The standard InChI is InChI=1S/C19H24N2O3/c1-19(2,14-8-10-16(23-3)11-9-14)13-20-18(22)21-15-6-5-7-17(12-15)24-4/h5-12H,13H2,1-4H3,(H2,20,21,22). The van der Waals surface area contributed by atoms with Crippen molar-refractivity contribution in [2.45, 2.75) is 19.3 Å². The highest BCUT2D eigenvalue weighted by Gasteiger charge is 2.21. The van der Waals surface area contributed by atoms with Crippen LogP contribution in [0.5, 0.6) is 11.5 Å². The quantitative estimate of drug-likeness (QED) is 0.848. The normalized spacial score (nSPS) is 10.8. The first-order chi connectivity index (χ1) is 11.4. The van der Waals surface area contributed by atoms with Gasteiger partial charge in [-0.05, 0) is 29.8 Å². The topological polar surface area (TPSA) is 59.6 Å². The molecule has 2 amide bonds. The molecule has 128 valence electrons. The van der Waals surface area contributed by atoms with Crippen LogP contribution in [0.4, 0.5) is 10.5 Å². The third-order valence-electron chi connectivity index (χ3n) is 3.89. The van der Waals surface area contributed by atoms with Gasteiger partial charge in [-0.25, -0.2) is 4.79 Å². The number of hydrogen-bond donors (Lipinski definition) is 2. The van der Waals surface area contributed by atoms with E-state index in [0.717, 1.165) is 11.3 Å². The van der Waals surface area contributed by atoms with Crippen molar-refractivity contribution in [2.75, 3.05) is 26.1 Å². The number of ether oxygens (including phenoxy) is 2. The van der Waals surface area contributed by atoms with Gasteiger partial charge in [-0.1, -0.05) is 32.0 Å². The molecule has 0 heterocycles. The summed E-state index contributed by atoms with van der Waals surface area (Å²) in [6, 6.07) is 14.9. The van der Waals surface area contributed by atoms with Crippen LogP contribution in [0.3, 0.4) is 0 Å². The van der Waals surface area contributed by atoms with E-state index in [1.54, 1.807) is 20.3 Å². The molecule has 5 nitrogen and oxygen atoms in total. The highest BCUT2D eigenvalue weighted by molar-refractivity contribution is 5.89. The Morgan fingerprint density at radius 1 is 1.00 bits per heavy atom. The van der Waals surface area contributed by atoms with Crippen molar-refractivity contribution in [3.63, 3.8) is 0 Å². The van der Waals surface area contributed by atoms with Crippen LogP contribution in [0.1, 0.15) is 19.4 Å². The monoisotopic (exact) mass is 328 g/mol. The third kappa shape index (κ3) is 4.65. The van der Waals surface area contributed by atoms with Gasteiger partial charge in [0.25, 0.3) is 0 Å². The Morgan fingerprint density at radius 3 is 2.29 bits per heavy atom. The fraction of sp³-hybridized carbons (Fsp3) is 0.316. The highest BCUT2D eigenvalue weighted by atomic mass is 16.5. The van der Waals surface area contributed by atoms with Crippen LogP contribution in [0.2, 0.25) is 0 Å². The van der Waals surface area contributed by atoms with E-state index in [2.05, 4.69) is 24.5 Å². The zero-order valence-electron chi connectivity index (χ0n) is 14.6. The Hall–Kier alpha value is -2.69. The van der Waals surface area contributed by atoms with Gasteiger partial charge in [0, 0.05) is 23.7 Å². The minimum Gasteiger partial charge on any atom is -0.497 e. The molecule has 2 aromatic rings. The van der Waals surface area contributed by atoms with E-state index in [1.165, 1.54) is 0 Å². The summed E-state index contributed by atoms with van der Waals surface area (Å²) in [4.78, 5) is 12.1. The Morgan fingerprint density at radius 2 is 1.67 bits per heavy atom. The van der Waals surface area contributed by atoms with Crippen LogP contribution >= 0.6 is 0 Å². The molecule has 0 saturated carbocycles. The van der Waals surface area contributed by atoms with Gasteiger partial charge >= 0.3 is 6.03 Å². The second-order valence-electron chi connectivity index (χ2n) is 6.15. The van der Waals surface area contributed by atoms with Gasteiger partial charge in [0.05, 0.1) is 14.2 Å². The molecule has 2 rings (SSSR count). The summed E-state index contributed by atoms with van der Waals surface area (Å²) in [5.74, 6) is 1.52. The third-order valence-corrected chi connectivity index (χ3v) is 3.89. The molecule has 5 heteroatoms. The molecule has 2 N–H and O–H groups in total. The van der Waals surface area contributed by atoms with Crippen LogP contribution in [-0.4, -0.2) is 26.8 Å². The Kier molecular flexibility index (Phi) is 5.68. The molecule has 0 aliphatic carbocycles. The van der Waals surface area contributed by atoms with Crippen molar-refractivity contribution >= 4 is 11.7 Å². The number of hydrogen-bond acceptors (Lipinski definition) is 3. The van der Waals surface area contributed by atoms with Gasteiger partial charge in [-0.15, -0.1) is 0 Å². The largest absolute Gasteiger partial charge is 0.497 e. The number of urea groups is 1. The van der Waals surface area contributed by atoms with Crippen LogP contribution < -0.4 is 20.1 Å². The predicted molar refractivity (Wildman–Crippen MR) is 96.0 cm³/mol. The lowest BCUT2D eigenvalue weighted by atomic mass is 9.84. The molecular formula is C19H24N2O3. The second kappa shape index (κ2) is 7.73. The summed E-state index contributed by atoms with van der Waals surface area (Å²) in [5.41, 5.74) is 1.62. The van der Waals surface area contributed by atoms with Crippen molar-refractivity contribution in [1.82, 2.24) is 5.32 Å². The minimum absolute atomic E-state index is 0.196. The lowest BCUT2D eigenvalue weighted by Gasteiger charge is -2.26. The molecule has 2 aromatic carbocycles. The Balaban J connectivity index is 1.93. The van der Waals surface area contributed by atoms with Crippen molar-refractivity contribution in [1.29, 1.82) is 0 Å². The summed E-state index contributed by atoms with van der Waals surface area (Å²) in [5, 5.41) is 5.72. The van der Waals surface area contributed by atoms with E-state index in [9.17, 15) is 4.79 Å². The van der Waals surface area contributed by atoms with Crippen LogP contribution in [0.15, 0.2) is 48.5 Å². The summed E-state index contributed by atoms with van der Waals surface area (Å²) < 4.78 is 10.3. The number of nitrogens with one attached hydrogen (secondary N) is 2. The SMILES string of the molecule is COc1ccc(C(C)(C)CNC(=O)Nc2cccc(OC)c2)cc1. The van der Waals surface area contributed by atoms with Crippen molar-refractivity contribution in [3.05, 3.63) is 54.1 Å². The average molecular weight is 328 g/mol. The maximum absolute atomic E-state index is 12.1. The summed E-state index contributed by atoms with van der Waals surface area (Å²) >= 11 is 0. The van der Waals surface area contributed by atoms with Gasteiger partial charge in [-0.3, -0.25) is 0 Å². The smallest absolute Gasteiger partial charge is 0.319 e.